The van der Waals surface area contributed by atoms with Crippen molar-refractivity contribution in [1.82, 2.24) is 4.98 Å². The summed E-state index contributed by atoms with van der Waals surface area (Å²) in [4.78, 5) is 3.95. The van der Waals surface area contributed by atoms with Crippen molar-refractivity contribution in [3.8, 4) is 0 Å². The summed E-state index contributed by atoms with van der Waals surface area (Å²) < 4.78 is 37.3. The Morgan fingerprint density at radius 1 is 1.15 bits per heavy atom. The van der Waals surface area contributed by atoms with Gasteiger partial charge in [0.05, 0.1) is 11.3 Å². The summed E-state index contributed by atoms with van der Waals surface area (Å²) in [6.07, 6.45) is -2.71. The van der Waals surface area contributed by atoms with E-state index in [9.17, 15) is 13.2 Å². The number of alkyl halides is 3. The molecule has 1 aromatic heterocycles. The molecule has 0 amide bonds. The van der Waals surface area contributed by atoms with Gasteiger partial charge >= 0.3 is 6.18 Å². The average molecular weight is 301 g/mol. The van der Waals surface area contributed by atoms with Crippen molar-refractivity contribution in [3.63, 3.8) is 0 Å². The summed E-state index contributed by atoms with van der Waals surface area (Å²) in [5, 5.41) is 3.42. The molecule has 6 heteroatoms. The molecule has 0 atom stereocenters. The van der Waals surface area contributed by atoms with Crippen LogP contribution in [-0.4, -0.2) is 4.98 Å². The number of nitrogens with one attached hydrogen (secondary N) is 1. The van der Waals surface area contributed by atoms with Crippen molar-refractivity contribution < 1.29 is 13.2 Å². The minimum absolute atomic E-state index is 0.344. The van der Waals surface area contributed by atoms with Crippen LogP contribution in [0.4, 0.5) is 18.9 Å². The molecule has 0 saturated carbocycles. The van der Waals surface area contributed by atoms with E-state index < -0.39 is 11.7 Å². The van der Waals surface area contributed by atoms with Crippen LogP contribution in [0.1, 0.15) is 16.7 Å². The fraction of sp³-hybridized carbons (Fsp3) is 0.214. The lowest BCUT2D eigenvalue weighted by Gasteiger charge is -2.11. The van der Waals surface area contributed by atoms with Crippen molar-refractivity contribution >= 4 is 17.3 Å². The lowest BCUT2D eigenvalue weighted by molar-refractivity contribution is -0.137. The minimum Gasteiger partial charge on any atom is -0.378 e. The number of aryl methyl sites for hydroxylation is 1. The van der Waals surface area contributed by atoms with E-state index in [4.69, 9.17) is 11.6 Å². The Hall–Kier alpha value is -1.75. The molecule has 1 heterocycles. The van der Waals surface area contributed by atoms with E-state index in [0.29, 0.717) is 17.4 Å². The quantitative estimate of drug-likeness (QED) is 0.833. The Balaban J connectivity index is 2.08. The first kappa shape index (κ1) is 14.7. The molecule has 0 radical (unpaired) electrons. The third-order valence-electron chi connectivity index (χ3n) is 2.86. The molecule has 2 rings (SSSR count). The Morgan fingerprint density at radius 2 is 1.80 bits per heavy atom. The Labute approximate surface area is 119 Å². The number of benzene rings is 1. The monoisotopic (exact) mass is 300 g/mol. The van der Waals surface area contributed by atoms with Gasteiger partial charge in [0.15, 0.2) is 5.15 Å². The van der Waals surface area contributed by atoms with Gasteiger partial charge in [0.1, 0.15) is 0 Å². The molecule has 0 spiro atoms. The highest BCUT2D eigenvalue weighted by Gasteiger charge is 2.29. The maximum absolute atomic E-state index is 12.4. The van der Waals surface area contributed by atoms with E-state index >= 15 is 0 Å². The number of aromatic nitrogens is 1. The lowest BCUT2D eigenvalue weighted by Crippen LogP contribution is -2.06. The van der Waals surface area contributed by atoms with Gasteiger partial charge in [-0.3, -0.25) is 0 Å². The van der Waals surface area contributed by atoms with Crippen LogP contribution < -0.4 is 5.32 Å². The van der Waals surface area contributed by atoms with Crippen molar-refractivity contribution in [2.45, 2.75) is 19.6 Å². The third kappa shape index (κ3) is 3.42. The predicted octanol–water partition coefficient (Wildman–Crippen LogP) is 4.67. The zero-order chi connectivity index (χ0) is 14.8. The van der Waals surface area contributed by atoms with Gasteiger partial charge in [0, 0.05) is 12.7 Å². The number of anilines is 1. The van der Waals surface area contributed by atoms with E-state index in [2.05, 4.69) is 10.3 Å². The molecule has 0 aliphatic heterocycles. The van der Waals surface area contributed by atoms with Crippen LogP contribution >= 0.6 is 11.6 Å². The fourth-order valence-corrected chi connectivity index (χ4v) is 2.01. The van der Waals surface area contributed by atoms with E-state index in [1.165, 1.54) is 12.1 Å². The average Bonchev–Trinajstić information content (AvgIpc) is 2.37. The van der Waals surface area contributed by atoms with Gasteiger partial charge in [-0.05, 0) is 36.2 Å². The van der Waals surface area contributed by atoms with Crippen molar-refractivity contribution in [2.24, 2.45) is 0 Å². The van der Waals surface area contributed by atoms with Crippen molar-refractivity contribution in [1.29, 1.82) is 0 Å². The van der Waals surface area contributed by atoms with Crippen molar-refractivity contribution in [2.75, 3.05) is 5.32 Å². The molecule has 1 aromatic carbocycles. The molecule has 2 aromatic rings. The van der Waals surface area contributed by atoms with Crippen LogP contribution in [0.25, 0.3) is 0 Å². The van der Waals surface area contributed by atoms with Crippen LogP contribution in [0.5, 0.6) is 0 Å². The number of halogens is 4. The van der Waals surface area contributed by atoms with Crippen LogP contribution in [0.2, 0.25) is 5.15 Å². The second kappa shape index (κ2) is 5.71. The van der Waals surface area contributed by atoms with Crippen LogP contribution in [0, 0.1) is 6.92 Å². The standard InChI is InChI=1S/C14H12ClF3N2/c1-9-6-7-19-13(15)12(9)20-8-10-2-4-11(5-3-10)14(16,17)18/h2-7,20H,8H2,1H3. The summed E-state index contributed by atoms with van der Waals surface area (Å²) >= 11 is 5.96. The first-order valence-corrected chi connectivity index (χ1v) is 6.27. The lowest BCUT2D eigenvalue weighted by atomic mass is 10.1. The summed E-state index contributed by atoms with van der Waals surface area (Å²) in [6.45, 7) is 2.26. The van der Waals surface area contributed by atoms with Crippen LogP contribution in [0.3, 0.4) is 0 Å². The first-order valence-electron chi connectivity index (χ1n) is 5.89. The summed E-state index contributed by atoms with van der Waals surface area (Å²) in [7, 11) is 0. The molecule has 20 heavy (non-hydrogen) atoms. The number of rotatable bonds is 3. The van der Waals surface area contributed by atoms with E-state index in [1.54, 1.807) is 12.3 Å². The third-order valence-corrected chi connectivity index (χ3v) is 3.15. The normalized spacial score (nSPS) is 11.4. The van der Waals surface area contributed by atoms with Gasteiger partial charge in [-0.1, -0.05) is 23.7 Å². The minimum atomic E-state index is -4.31. The fourth-order valence-electron chi connectivity index (χ4n) is 1.74. The maximum Gasteiger partial charge on any atom is 0.416 e. The highest BCUT2D eigenvalue weighted by molar-refractivity contribution is 6.32. The first-order chi connectivity index (χ1) is 9.38. The smallest absolute Gasteiger partial charge is 0.378 e. The molecule has 0 bridgehead atoms. The van der Waals surface area contributed by atoms with Gasteiger partial charge in [-0.25, -0.2) is 4.98 Å². The predicted molar refractivity (Wildman–Crippen MR) is 72.8 cm³/mol. The molecule has 2 nitrogen and oxygen atoms in total. The maximum atomic E-state index is 12.4. The molecule has 0 saturated heterocycles. The van der Waals surface area contributed by atoms with Crippen LogP contribution in [-0.2, 0) is 12.7 Å². The molecule has 0 aliphatic rings. The molecule has 106 valence electrons. The Morgan fingerprint density at radius 3 is 2.35 bits per heavy atom. The number of pyridine rings is 1. The number of hydrogen-bond acceptors (Lipinski definition) is 2. The molecule has 1 N–H and O–H groups in total. The summed E-state index contributed by atoms with van der Waals surface area (Å²) in [5.41, 5.74) is 1.69. The zero-order valence-corrected chi connectivity index (χ0v) is 11.4. The second-order valence-electron chi connectivity index (χ2n) is 4.34. The second-order valence-corrected chi connectivity index (χ2v) is 4.70. The Kier molecular flexibility index (Phi) is 4.18. The van der Waals surface area contributed by atoms with Crippen LogP contribution in [0.15, 0.2) is 36.5 Å². The molecule has 0 aliphatic carbocycles. The largest absolute Gasteiger partial charge is 0.416 e. The van der Waals surface area contributed by atoms with Gasteiger partial charge < -0.3 is 5.32 Å². The van der Waals surface area contributed by atoms with Gasteiger partial charge in [0.2, 0.25) is 0 Å². The molecule has 0 unspecified atom stereocenters. The summed E-state index contributed by atoms with van der Waals surface area (Å²) in [5.74, 6) is 0. The highest BCUT2D eigenvalue weighted by atomic mass is 35.5. The summed E-state index contributed by atoms with van der Waals surface area (Å²) in [6, 6.07) is 6.81. The molecular formula is C14H12ClF3N2. The number of nitrogens with zero attached hydrogens (tertiary/aromatic N) is 1. The molecule has 0 fully saturated rings. The zero-order valence-electron chi connectivity index (χ0n) is 10.6. The Bertz CT molecular complexity index is 574. The van der Waals surface area contributed by atoms with E-state index in [0.717, 1.165) is 23.3 Å². The SMILES string of the molecule is Cc1ccnc(Cl)c1NCc1ccc(C(F)(F)F)cc1. The number of hydrogen-bond donors (Lipinski definition) is 1. The van der Waals surface area contributed by atoms with Gasteiger partial charge in [-0.15, -0.1) is 0 Å². The molecular weight excluding hydrogens is 289 g/mol. The van der Waals surface area contributed by atoms with E-state index in [1.807, 2.05) is 6.92 Å². The van der Waals surface area contributed by atoms with Crippen molar-refractivity contribution in [3.05, 3.63) is 58.4 Å². The topological polar surface area (TPSA) is 24.9 Å². The van der Waals surface area contributed by atoms with Gasteiger partial charge in [-0.2, -0.15) is 13.2 Å². The van der Waals surface area contributed by atoms with E-state index in [-0.39, 0.29) is 0 Å². The van der Waals surface area contributed by atoms with Gasteiger partial charge in [0.25, 0.3) is 0 Å². The highest BCUT2D eigenvalue weighted by Crippen LogP contribution is 2.29.